The lowest BCUT2D eigenvalue weighted by Crippen LogP contribution is -2.57. The molecule has 1 unspecified atom stereocenters. The number of aryl methyl sites for hydroxylation is 1. The van der Waals surface area contributed by atoms with Gasteiger partial charge in [-0.3, -0.25) is 0 Å². The van der Waals surface area contributed by atoms with Gasteiger partial charge in [0.05, 0.1) is 4.90 Å². The third kappa shape index (κ3) is 2.55. The summed E-state index contributed by atoms with van der Waals surface area (Å²) in [6.45, 7) is 4.89. The summed E-state index contributed by atoms with van der Waals surface area (Å²) >= 11 is 0. The number of nitrogen functional groups attached to an aromatic ring is 1. The molecule has 110 valence electrons. The quantitative estimate of drug-likeness (QED) is 0.814. The number of nitrogens with zero attached hydrogens (tertiary/aromatic N) is 1. The van der Waals surface area contributed by atoms with Gasteiger partial charge in [-0.15, -0.1) is 0 Å². The SMILES string of the molecule is Cc1ccc(S(=O)(=O)NC2CN3CCC2CC3)cc1N. The van der Waals surface area contributed by atoms with Crippen LogP contribution in [0.3, 0.4) is 0 Å². The Morgan fingerprint density at radius 1 is 1.30 bits per heavy atom. The fourth-order valence-electron chi connectivity index (χ4n) is 3.15. The van der Waals surface area contributed by atoms with E-state index in [4.69, 9.17) is 5.73 Å². The van der Waals surface area contributed by atoms with Crippen molar-refractivity contribution in [1.29, 1.82) is 0 Å². The van der Waals surface area contributed by atoms with Crippen molar-refractivity contribution in [2.75, 3.05) is 25.4 Å². The highest BCUT2D eigenvalue weighted by molar-refractivity contribution is 7.89. The maximum atomic E-state index is 12.5. The van der Waals surface area contributed by atoms with Crippen LogP contribution in [0.5, 0.6) is 0 Å². The number of nitrogens with one attached hydrogen (secondary N) is 1. The van der Waals surface area contributed by atoms with E-state index in [1.54, 1.807) is 18.2 Å². The van der Waals surface area contributed by atoms with Gasteiger partial charge in [0.25, 0.3) is 0 Å². The second-order valence-electron chi connectivity index (χ2n) is 5.88. The van der Waals surface area contributed by atoms with Crippen LogP contribution in [0.15, 0.2) is 23.1 Å². The van der Waals surface area contributed by atoms with Crippen LogP contribution in [0.25, 0.3) is 0 Å². The van der Waals surface area contributed by atoms with Crippen molar-refractivity contribution in [3.05, 3.63) is 23.8 Å². The highest BCUT2D eigenvalue weighted by atomic mass is 32.2. The first-order chi connectivity index (χ1) is 9.45. The monoisotopic (exact) mass is 295 g/mol. The minimum Gasteiger partial charge on any atom is -0.398 e. The maximum Gasteiger partial charge on any atom is 0.240 e. The molecule has 3 fully saturated rings. The summed E-state index contributed by atoms with van der Waals surface area (Å²) in [7, 11) is -3.48. The lowest BCUT2D eigenvalue weighted by Gasteiger charge is -2.44. The first kappa shape index (κ1) is 13.9. The molecule has 0 amide bonds. The van der Waals surface area contributed by atoms with Crippen molar-refractivity contribution in [1.82, 2.24) is 9.62 Å². The van der Waals surface area contributed by atoms with Crippen molar-refractivity contribution in [3.63, 3.8) is 0 Å². The summed E-state index contributed by atoms with van der Waals surface area (Å²) in [6, 6.07) is 4.94. The van der Waals surface area contributed by atoms with E-state index >= 15 is 0 Å². The highest BCUT2D eigenvalue weighted by Gasteiger charge is 2.36. The van der Waals surface area contributed by atoms with Gasteiger partial charge in [-0.1, -0.05) is 6.07 Å². The molecule has 1 aromatic carbocycles. The average molecular weight is 295 g/mol. The molecule has 0 aliphatic carbocycles. The number of hydrogen-bond acceptors (Lipinski definition) is 4. The zero-order valence-corrected chi connectivity index (χ0v) is 12.5. The molecule has 3 heterocycles. The summed E-state index contributed by atoms with van der Waals surface area (Å²) in [5, 5.41) is 0. The molecule has 3 aliphatic heterocycles. The largest absolute Gasteiger partial charge is 0.398 e. The lowest BCUT2D eigenvalue weighted by atomic mass is 9.85. The Morgan fingerprint density at radius 2 is 2.00 bits per heavy atom. The molecule has 5 nitrogen and oxygen atoms in total. The van der Waals surface area contributed by atoms with Crippen molar-refractivity contribution in [2.45, 2.75) is 30.7 Å². The van der Waals surface area contributed by atoms with Crippen LogP contribution in [0.1, 0.15) is 18.4 Å². The average Bonchev–Trinajstić information content (AvgIpc) is 2.42. The predicted octanol–water partition coefficient (Wildman–Crippen LogP) is 0.950. The lowest BCUT2D eigenvalue weighted by molar-refractivity contribution is 0.0827. The van der Waals surface area contributed by atoms with Crippen LogP contribution >= 0.6 is 0 Å². The molecule has 20 heavy (non-hydrogen) atoms. The smallest absolute Gasteiger partial charge is 0.240 e. The Balaban J connectivity index is 1.80. The van der Waals surface area contributed by atoms with E-state index in [1.807, 2.05) is 6.92 Å². The standard InChI is InChI=1S/C14H21N3O2S/c1-10-2-3-12(8-13(10)15)20(18,19)16-14-9-17-6-4-11(14)5-7-17/h2-3,8,11,14,16H,4-7,9,15H2,1H3. The van der Waals surface area contributed by atoms with E-state index in [2.05, 4.69) is 9.62 Å². The zero-order valence-electron chi connectivity index (χ0n) is 11.7. The third-order valence-electron chi connectivity index (χ3n) is 4.52. The summed E-state index contributed by atoms with van der Waals surface area (Å²) in [5.41, 5.74) is 7.22. The Morgan fingerprint density at radius 3 is 2.55 bits per heavy atom. The van der Waals surface area contributed by atoms with Gasteiger partial charge in [-0.25, -0.2) is 13.1 Å². The van der Waals surface area contributed by atoms with E-state index in [0.29, 0.717) is 11.6 Å². The first-order valence-corrected chi connectivity index (χ1v) is 8.55. The number of nitrogens with two attached hydrogens (primary N) is 1. The second kappa shape index (κ2) is 5.02. The van der Waals surface area contributed by atoms with Crippen LogP contribution < -0.4 is 10.5 Å². The highest BCUT2D eigenvalue weighted by Crippen LogP contribution is 2.28. The van der Waals surface area contributed by atoms with Crippen molar-refractivity contribution < 1.29 is 8.42 Å². The number of fused-ring (bicyclic) bond motifs is 3. The molecule has 2 bridgehead atoms. The van der Waals surface area contributed by atoms with Crippen LogP contribution in [0.2, 0.25) is 0 Å². The van der Waals surface area contributed by atoms with Gasteiger partial charge < -0.3 is 10.6 Å². The molecule has 1 aromatic rings. The topological polar surface area (TPSA) is 75.4 Å². The molecule has 0 spiro atoms. The molecule has 3 saturated heterocycles. The number of hydrogen-bond donors (Lipinski definition) is 2. The summed E-state index contributed by atoms with van der Waals surface area (Å²) in [5.74, 6) is 0.470. The van der Waals surface area contributed by atoms with Gasteiger partial charge in [-0.05, 0) is 56.5 Å². The van der Waals surface area contributed by atoms with Crippen LogP contribution in [0, 0.1) is 12.8 Å². The Labute approximate surface area is 120 Å². The minimum absolute atomic E-state index is 0.0324. The van der Waals surface area contributed by atoms with E-state index < -0.39 is 10.0 Å². The fourth-order valence-corrected chi connectivity index (χ4v) is 4.48. The molecule has 1 atom stereocenters. The van der Waals surface area contributed by atoms with Crippen molar-refractivity contribution in [3.8, 4) is 0 Å². The van der Waals surface area contributed by atoms with E-state index in [9.17, 15) is 8.42 Å². The summed E-state index contributed by atoms with van der Waals surface area (Å²) < 4.78 is 27.8. The molecule has 4 rings (SSSR count). The predicted molar refractivity (Wildman–Crippen MR) is 78.9 cm³/mol. The van der Waals surface area contributed by atoms with Crippen molar-refractivity contribution in [2.24, 2.45) is 5.92 Å². The number of anilines is 1. The molecular formula is C14H21N3O2S. The van der Waals surface area contributed by atoms with Crippen LogP contribution in [0.4, 0.5) is 5.69 Å². The van der Waals surface area contributed by atoms with E-state index in [0.717, 1.165) is 38.0 Å². The zero-order chi connectivity index (χ0) is 14.3. The van der Waals surface area contributed by atoms with E-state index in [1.165, 1.54) is 0 Å². The second-order valence-corrected chi connectivity index (χ2v) is 7.60. The van der Waals surface area contributed by atoms with Crippen LogP contribution in [-0.4, -0.2) is 39.0 Å². The summed E-state index contributed by atoms with van der Waals surface area (Å²) in [4.78, 5) is 2.59. The molecule has 0 aromatic heterocycles. The Kier molecular flexibility index (Phi) is 3.48. The number of rotatable bonds is 3. The number of benzene rings is 1. The van der Waals surface area contributed by atoms with Crippen LogP contribution in [-0.2, 0) is 10.0 Å². The maximum absolute atomic E-state index is 12.5. The Hall–Kier alpha value is -1.11. The fraction of sp³-hybridized carbons (Fsp3) is 0.571. The molecular weight excluding hydrogens is 274 g/mol. The van der Waals surface area contributed by atoms with Gasteiger partial charge in [0.15, 0.2) is 0 Å². The minimum atomic E-state index is -3.48. The molecule has 3 aliphatic rings. The Bertz CT molecular complexity index is 607. The van der Waals surface area contributed by atoms with Gasteiger partial charge in [0.1, 0.15) is 0 Å². The molecule has 0 saturated carbocycles. The molecule has 3 N–H and O–H groups in total. The van der Waals surface area contributed by atoms with Gasteiger partial charge in [-0.2, -0.15) is 0 Å². The van der Waals surface area contributed by atoms with Gasteiger partial charge in [0, 0.05) is 18.3 Å². The van der Waals surface area contributed by atoms with E-state index in [-0.39, 0.29) is 10.9 Å². The van der Waals surface area contributed by atoms with Crippen molar-refractivity contribution >= 4 is 15.7 Å². The summed E-state index contributed by atoms with van der Waals surface area (Å²) in [6.07, 6.45) is 2.17. The third-order valence-corrected chi connectivity index (χ3v) is 6.01. The number of piperidine rings is 3. The normalized spacial score (nSPS) is 29.6. The number of sulfonamides is 1. The molecule has 0 radical (unpaired) electrons. The first-order valence-electron chi connectivity index (χ1n) is 7.06. The van der Waals surface area contributed by atoms with Gasteiger partial charge >= 0.3 is 0 Å². The van der Waals surface area contributed by atoms with Gasteiger partial charge in [0.2, 0.25) is 10.0 Å². The molecule has 6 heteroatoms.